The van der Waals surface area contributed by atoms with Crippen molar-refractivity contribution in [2.75, 3.05) is 5.73 Å². The molecule has 0 fully saturated rings. The van der Waals surface area contributed by atoms with Crippen LogP contribution in [0.5, 0.6) is 0 Å². The van der Waals surface area contributed by atoms with Crippen LogP contribution in [0, 0.1) is 0 Å². The van der Waals surface area contributed by atoms with Gasteiger partial charge >= 0.3 is 0 Å². The van der Waals surface area contributed by atoms with E-state index in [1.165, 1.54) is 0 Å². The molecule has 2 heterocycles. The number of nitrogen functional groups attached to an aromatic ring is 1. The summed E-state index contributed by atoms with van der Waals surface area (Å²) >= 11 is 0. The van der Waals surface area contributed by atoms with Gasteiger partial charge in [0.1, 0.15) is 5.56 Å². The van der Waals surface area contributed by atoms with Crippen LogP contribution in [0.15, 0.2) is 42.5 Å². The van der Waals surface area contributed by atoms with Gasteiger partial charge in [-0.25, -0.2) is 0 Å². The lowest BCUT2D eigenvalue weighted by Crippen LogP contribution is -2.13. The summed E-state index contributed by atoms with van der Waals surface area (Å²) in [5.74, 6) is -0.509. The van der Waals surface area contributed by atoms with Crippen LogP contribution in [0.4, 0.5) is 5.82 Å². The van der Waals surface area contributed by atoms with Crippen LogP contribution in [-0.2, 0) is 0 Å². The predicted molar refractivity (Wildman–Crippen MR) is 76.7 cm³/mol. The van der Waals surface area contributed by atoms with Gasteiger partial charge in [-0.15, -0.1) is 0 Å². The highest BCUT2D eigenvalue weighted by Crippen LogP contribution is 2.27. The zero-order valence-electron chi connectivity index (χ0n) is 10.6. The van der Waals surface area contributed by atoms with Gasteiger partial charge in [-0.1, -0.05) is 30.3 Å². The number of H-pyrrole nitrogens is 2. The van der Waals surface area contributed by atoms with E-state index < -0.39 is 5.91 Å². The fourth-order valence-corrected chi connectivity index (χ4v) is 2.13. The van der Waals surface area contributed by atoms with Crippen LogP contribution in [0.3, 0.4) is 0 Å². The van der Waals surface area contributed by atoms with Gasteiger partial charge in [-0.05, 0) is 17.7 Å². The molecule has 3 aromatic rings. The summed E-state index contributed by atoms with van der Waals surface area (Å²) in [5.41, 5.74) is 14.4. The molecule has 2 aromatic heterocycles. The molecule has 6 heteroatoms. The molecule has 6 N–H and O–H groups in total. The van der Waals surface area contributed by atoms with Crippen molar-refractivity contribution in [1.29, 1.82) is 0 Å². The van der Waals surface area contributed by atoms with E-state index in [1.54, 1.807) is 0 Å². The lowest BCUT2D eigenvalue weighted by atomic mass is 10.2. The monoisotopic (exact) mass is 267 g/mol. The number of rotatable bonds is 3. The fraction of sp³-hybridized carbons (Fsp3) is 0. The summed E-state index contributed by atoms with van der Waals surface area (Å²) in [6.45, 7) is 0. The maximum absolute atomic E-state index is 11.4. The van der Waals surface area contributed by atoms with E-state index >= 15 is 0 Å². The largest absolute Gasteiger partial charge is 0.382 e. The zero-order valence-corrected chi connectivity index (χ0v) is 10.6. The van der Waals surface area contributed by atoms with Crippen molar-refractivity contribution in [3.63, 3.8) is 0 Å². The van der Waals surface area contributed by atoms with Crippen LogP contribution < -0.4 is 11.5 Å². The summed E-state index contributed by atoms with van der Waals surface area (Å²) in [4.78, 5) is 14.6. The average molecular weight is 267 g/mol. The molecule has 0 atom stereocenters. The quantitative estimate of drug-likeness (QED) is 0.579. The molecule has 0 spiro atoms. The second kappa shape index (κ2) is 4.58. The van der Waals surface area contributed by atoms with Crippen molar-refractivity contribution in [3.8, 4) is 22.6 Å². The van der Waals surface area contributed by atoms with Gasteiger partial charge in [0.05, 0.1) is 11.4 Å². The Bertz CT molecular complexity index is 757. The van der Waals surface area contributed by atoms with E-state index in [2.05, 4.69) is 15.2 Å². The Labute approximate surface area is 114 Å². The third-order valence-corrected chi connectivity index (χ3v) is 3.08. The normalized spacial score (nSPS) is 10.6. The second-order valence-corrected chi connectivity index (χ2v) is 4.37. The lowest BCUT2D eigenvalue weighted by molar-refractivity contribution is 0.100. The standard InChI is InChI=1S/C14H13N5O/c15-13-11(14(16)20)12(18-19-13)10-7-6-9(17-10)8-4-2-1-3-5-8/h1-7,17H,(H2,16,20)(H3,15,18,19). The molecule has 0 bridgehead atoms. The van der Waals surface area contributed by atoms with Crippen molar-refractivity contribution in [2.24, 2.45) is 5.73 Å². The van der Waals surface area contributed by atoms with E-state index in [9.17, 15) is 4.79 Å². The lowest BCUT2D eigenvalue weighted by Gasteiger charge is -1.99. The number of primary amides is 1. The van der Waals surface area contributed by atoms with Crippen molar-refractivity contribution in [2.45, 2.75) is 0 Å². The first-order valence-electron chi connectivity index (χ1n) is 6.05. The SMILES string of the molecule is NC(=O)c1c(N)n[nH]c1-c1ccc(-c2ccccc2)[nH]1. The highest BCUT2D eigenvalue weighted by Gasteiger charge is 2.18. The maximum atomic E-state index is 11.4. The summed E-state index contributed by atoms with van der Waals surface area (Å²) in [6, 6.07) is 13.6. The van der Waals surface area contributed by atoms with Crippen LogP contribution in [0.1, 0.15) is 10.4 Å². The minimum Gasteiger partial charge on any atom is -0.382 e. The van der Waals surface area contributed by atoms with Crippen LogP contribution in [0.25, 0.3) is 22.6 Å². The molecule has 0 saturated heterocycles. The summed E-state index contributed by atoms with van der Waals surface area (Å²) in [5, 5.41) is 6.56. The van der Waals surface area contributed by atoms with Gasteiger partial charge in [0.25, 0.3) is 5.91 Å². The minimum absolute atomic E-state index is 0.100. The number of nitrogens with zero attached hydrogens (tertiary/aromatic N) is 1. The highest BCUT2D eigenvalue weighted by molar-refractivity contribution is 6.02. The van der Waals surface area contributed by atoms with Crippen molar-refractivity contribution in [3.05, 3.63) is 48.0 Å². The number of hydrogen-bond acceptors (Lipinski definition) is 3. The smallest absolute Gasteiger partial charge is 0.254 e. The van der Waals surface area contributed by atoms with Crippen LogP contribution in [0.2, 0.25) is 0 Å². The molecule has 20 heavy (non-hydrogen) atoms. The summed E-state index contributed by atoms with van der Waals surface area (Å²) < 4.78 is 0. The summed E-state index contributed by atoms with van der Waals surface area (Å²) in [6.07, 6.45) is 0. The number of carbonyl (C=O) groups excluding carboxylic acids is 1. The Kier molecular flexibility index (Phi) is 2.76. The maximum Gasteiger partial charge on any atom is 0.254 e. The number of benzene rings is 1. The number of aromatic amines is 2. The first kappa shape index (κ1) is 12.0. The molecule has 100 valence electrons. The number of aromatic nitrogens is 3. The zero-order chi connectivity index (χ0) is 14.1. The molecule has 0 aliphatic rings. The number of anilines is 1. The van der Waals surface area contributed by atoms with Crippen LogP contribution in [-0.4, -0.2) is 21.1 Å². The molecule has 0 radical (unpaired) electrons. The molecule has 1 aromatic carbocycles. The third-order valence-electron chi connectivity index (χ3n) is 3.08. The molecule has 0 aliphatic carbocycles. The molecule has 6 nitrogen and oxygen atoms in total. The Morgan fingerprint density at radius 3 is 2.45 bits per heavy atom. The molecule has 1 amide bonds. The number of hydrogen-bond donors (Lipinski definition) is 4. The molecule has 0 unspecified atom stereocenters. The number of nitrogens with one attached hydrogen (secondary N) is 2. The van der Waals surface area contributed by atoms with Gasteiger partial charge in [0.2, 0.25) is 0 Å². The Morgan fingerprint density at radius 2 is 1.75 bits per heavy atom. The van der Waals surface area contributed by atoms with Gasteiger partial charge < -0.3 is 16.5 Å². The molecule has 0 aliphatic heterocycles. The van der Waals surface area contributed by atoms with Crippen molar-refractivity contribution >= 4 is 11.7 Å². The van der Waals surface area contributed by atoms with E-state index in [4.69, 9.17) is 11.5 Å². The first-order chi connectivity index (χ1) is 9.66. The Morgan fingerprint density at radius 1 is 1.05 bits per heavy atom. The predicted octanol–water partition coefficient (Wildman–Crippen LogP) is 1.75. The summed E-state index contributed by atoms with van der Waals surface area (Å²) in [7, 11) is 0. The minimum atomic E-state index is -0.609. The molecular formula is C14H13N5O. The molecule has 3 rings (SSSR count). The van der Waals surface area contributed by atoms with Gasteiger partial charge in [-0.2, -0.15) is 5.10 Å². The average Bonchev–Trinajstić information content (AvgIpc) is 3.05. The van der Waals surface area contributed by atoms with Gasteiger partial charge in [-0.3, -0.25) is 9.89 Å². The Balaban J connectivity index is 2.05. The van der Waals surface area contributed by atoms with Gasteiger partial charge in [0.15, 0.2) is 5.82 Å². The topological polar surface area (TPSA) is 114 Å². The van der Waals surface area contributed by atoms with Crippen molar-refractivity contribution in [1.82, 2.24) is 15.2 Å². The third kappa shape index (κ3) is 1.93. The van der Waals surface area contributed by atoms with E-state index in [0.717, 1.165) is 11.3 Å². The highest BCUT2D eigenvalue weighted by atomic mass is 16.1. The van der Waals surface area contributed by atoms with E-state index in [0.29, 0.717) is 11.4 Å². The Hall–Kier alpha value is -3.02. The van der Waals surface area contributed by atoms with Crippen molar-refractivity contribution < 1.29 is 4.79 Å². The van der Waals surface area contributed by atoms with E-state index in [1.807, 2.05) is 42.5 Å². The number of carbonyl (C=O) groups is 1. The van der Waals surface area contributed by atoms with E-state index in [-0.39, 0.29) is 11.4 Å². The van der Waals surface area contributed by atoms with Gasteiger partial charge in [0, 0.05) is 5.69 Å². The molecule has 0 saturated carbocycles. The number of amides is 1. The number of nitrogens with two attached hydrogens (primary N) is 2. The molecular weight excluding hydrogens is 254 g/mol. The van der Waals surface area contributed by atoms with Crippen LogP contribution >= 0.6 is 0 Å². The second-order valence-electron chi connectivity index (χ2n) is 4.37. The first-order valence-corrected chi connectivity index (χ1v) is 6.05. The fourth-order valence-electron chi connectivity index (χ4n) is 2.13.